The molecule has 0 aliphatic heterocycles. The molecule has 0 atom stereocenters. The molecule has 6 heterocycles. The van der Waals surface area contributed by atoms with Gasteiger partial charge < -0.3 is 30.7 Å². The summed E-state index contributed by atoms with van der Waals surface area (Å²) in [5, 5.41) is 21.4. The van der Waals surface area contributed by atoms with Crippen LogP contribution in [0.4, 0.5) is 11.9 Å². The van der Waals surface area contributed by atoms with Crippen molar-refractivity contribution in [3.63, 3.8) is 0 Å². The van der Waals surface area contributed by atoms with Gasteiger partial charge in [-0.2, -0.15) is 10.5 Å². The smallest absolute Gasteiger partial charge is 0.340 e. The maximum absolute atomic E-state index is 12.6. The normalized spacial score (nSPS) is 11.1. The molecule has 5 N–H and O–H groups in total. The molecule has 8 aromatic rings. The van der Waals surface area contributed by atoms with Gasteiger partial charge >= 0.3 is 5.97 Å². The zero-order valence-electron chi connectivity index (χ0n) is 39.9. The number of fused-ring (bicyclic) bond motifs is 2. The fourth-order valence-corrected chi connectivity index (χ4v) is 7.15. The van der Waals surface area contributed by atoms with Crippen molar-refractivity contribution in [2.75, 3.05) is 25.6 Å². The van der Waals surface area contributed by atoms with E-state index in [1.807, 2.05) is 99.2 Å². The van der Waals surface area contributed by atoms with Gasteiger partial charge in [-0.1, -0.05) is 12.1 Å². The molecule has 344 valence electrons. The first-order chi connectivity index (χ1) is 32.2. The first-order valence-corrected chi connectivity index (χ1v) is 25.0. The fourth-order valence-electron chi connectivity index (χ4n) is 7.15. The Morgan fingerprint density at radius 3 is 1.35 bits per heavy atom. The number of aromatic nitrogens is 10. The lowest BCUT2D eigenvalue weighted by atomic mass is 10.1. The molecule has 0 bridgehead atoms. The molecule has 6 aromatic heterocycles. The number of hydrogen-bond acceptors (Lipinski definition) is 15. The third kappa shape index (κ3) is 10.8. The summed E-state index contributed by atoms with van der Waals surface area (Å²) in [6.45, 7) is 12.2. The molecule has 19 heteroatoms. The van der Waals surface area contributed by atoms with Gasteiger partial charge in [-0.15, -0.1) is 17.4 Å². The van der Waals surface area contributed by atoms with Crippen LogP contribution in [-0.2, 0) is 15.8 Å². The predicted molar refractivity (Wildman–Crippen MR) is 264 cm³/mol. The van der Waals surface area contributed by atoms with Crippen LogP contribution in [0.15, 0.2) is 85.5 Å². The van der Waals surface area contributed by atoms with Gasteiger partial charge in [0.15, 0.2) is 11.6 Å². The molecular formula is C49H52AlN15O3. The number of amides is 1. The monoisotopic (exact) mass is 925 g/mol. The second-order valence-electron chi connectivity index (χ2n) is 18.2. The topological polar surface area (TPSA) is 268 Å². The largest absolute Gasteiger partial charge is 0.465 e. The van der Waals surface area contributed by atoms with E-state index in [1.165, 1.54) is 25.3 Å². The molecule has 0 unspecified atom stereocenters. The van der Waals surface area contributed by atoms with Gasteiger partial charge in [0.05, 0.1) is 40.3 Å². The minimum atomic E-state index is -0.552. The summed E-state index contributed by atoms with van der Waals surface area (Å²) in [6.07, 6.45) is 6.62. The summed E-state index contributed by atoms with van der Waals surface area (Å²) in [7, 11) is 2.86. The van der Waals surface area contributed by atoms with Gasteiger partial charge in [0.2, 0.25) is 11.9 Å². The maximum atomic E-state index is 12.6. The number of nitrogens with two attached hydrogens (primary N) is 2. The Labute approximate surface area is 398 Å². The minimum absolute atomic E-state index is 0.139. The van der Waals surface area contributed by atoms with Gasteiger partial charge in [-0.25, -0.2) is 44.7 Å². The Morgan fingerprint density at radius 1 is 0.618 bits per heavy atom. The third-order valence-electron chi connectivity index (χ3n) is 9.98. The molecule has 0 aliphatic rings. The number of nitrogens with one attached hydrogen (secondary N) is 1. The van der Waals surface area contributed by atoms with Crippen LogP contribution < -0.4 is 16.8 Å². The second-order valence-corrected chi connectivity index (χ2v) is 21.6. The molecular weight excluding hydrogens is 874 g/mol. The number of methoxy groups -OCH3 is 1. The lowest BCUT2D eigenvalue weighted by Gasteiger charge is -2.25. The first kappa shape index (κ1) is 49.3. The van der Waals surface area contributed by atoms with E-state index in [9.17, 15) is 20.1 Å². The van der Waals surface area contributed by atoms with Crippen molar-refractivity contribution < 1.29 is 14.3 Å². The quantitative estimate of drug-likeness (QED) is 0.105. The number of pyridine rings is 2. The number of benzene rings is 2. The number of nitrogen functional groups attached to an aromatic ring is 2. The molecule has 0 spiro atoms. The van der Waals surface area contributed by atoms with E-state index in [0.717, 1.165) is 38.8 Å². The molecule has 68 heavy (non-hydrogen) atoms. The highest BCUT2D eigenvalue weighted by Crippen LogP contribution is 2.36. The van der Waals surface area contributed by atoms with Gasteiger partial charge in [-0.05, 0) is 101 Å². The van der Waals surface area contributed by atoms with E-state index in [1.54, 1.807) is 37.9 Å². The first-order valence-electron chi connectivity index (χ1n) is 21.5. The van der Waals surface area contributed by atoms with E-state index in [-0.39, 0.29) is 54.4 Å². The number of carbonyl (C=O) groups is 2. The van der Waals surface area contributed by atoms with Crippen LogP contribution in [0.5, 0.6) is 0 Å². The van der Waals surface area contributed by atoms with Crippen LogP contribution in [0, 0.1) is 22.7 Å². The molecule has 0 saturated heterocycles. The van der Waals surface area contributed by atoms with Gasteiger partial charge in [0.1, 0.15) is 34.9 Å². The number of rotatable bonds is 6. The number of anilines is 2. The Bertz CT molecular complexity index is 3030. The van der Waals surface area contributed by atoms with Gasteiger partial charge in [0, 0.05) is 54.0 Å². The maximum Gasteiger partial charge on any atom is 0.340 e. The van der Waals surface area contributed by atoms with Crippen molar-refractivity contribution in [2.45, 2.75) is 70.0 Å². The number of imidazole rings is 2. The molecule has 8 rings (SSSR count). The number of nitriles is 2. The molecule has 0 aliphatic carbocycles. The Hall–Kier alpha value is -8.11. The SMILES string of the molecule is CNC(=O)c1ccc(C#N)nc1-c1nc2cc(-c3cnc(N)nc3)ccc2n1C(C)(C)C.COC(=O)c1ccc(C#N)nc1-c1nc2cc(-c3cnc(N)nc3)ccc2n1C(C)(C)C.[CH3][Al]([CH3])[CH3]. The second kappa shape index (κ2) is 20.2. The Balaban J connectivity index is 0.000000208. The summed E-state index contributed by atoms with van der Waals surface area (Å²) < 4.78 is 8.97. The average Bonchev–Trinajstić information content (AvgIpc) is 3.91. The van der Waals surface area contributed by atoms with Crippen molar-refractivity contribution >= 4 is 60.0 Å². The molecule has 0 radical (unpaired) electrons. The summed E-state index contributed by atoms with van der Waals surface area (Å²) in [6, 6.07) is 21.9. The molecule has 0 saturated carbocycles. The zero-order chi connectivity index (χ0) is 49.7. The average molecular weight is 926 g/mol. The lowest BCUT2D eigenvalue weighted by molar-refractivity contribution is 0.0600. The Kier molecular flexibility index (Phi) is 14.6. The van der Waals surface area contributed by atoms with Crippen LogP contribution in [0.25, 0.3) is 67.4 Å². The molecule has 2 aromatic carbocycles. The third-order valence-corrected chi connectivity index (χ3v) is 9.98. The summed E-state index contributed by atoms with van der Waals surface area (Å²) in [4.78, 5) is 59.8. The van der Waals surface area contributed by atoms with Gasteiger partial charge in [0.25, 0.3) is 20.1 Å². The van der Waals surface area contributed by atoms with E-state index < -0.39 is 11.5 Å². The summed E-state index contributed by atoms with van der Waals surface area (Å²) >= 11 is -0.139. The van der Waals surface area contributed by atoms with Crippen LogP contribution in [0.3, 0.4) is 0 Å². The number of esters is 1. The highest BCUT2D eigenvalue weighted by atomic mass is 27.2. The van der Waals surface area contributed by atoms with E-state index in [4.69, 9.17) is 26.2 Å². The van der Waals surface area contributed by atoms with Crippen LogP contribution >= 0.6 is 0 Å². The highest BCUT2D eigenvalue weighted by molar-refractivity contribution is 6.54. The molecule has 18 nitrogen and oxygen atoms in total. The van der Waals surface area contributed by atoms with Crippen molar-refractivity contribution in [3.8, 4) is 57.4 Å². The van der Waals surface area contributed by atoms with E-state index in [2.05, 4.69) is 52.6 Å². The van der Waals surface area contributed by atoms with Crippen LogP contribution in [0.1, 0.15) is 73.6 Å². The van der Waals surface area contributed by atoms with Crippen molar-refractivity contribution in [1.82, 2.24) is 54.3 Å². The number of nitrogens with zero attached hydrogens (tertiary/aromatic N) is 12. The Morgan fingerprint density at radius 2 is 1.00 bits per heavy atom. The van der Waals surface area contributed by atoms with Gasteiger partial charge in [-0.3, -0.25) is 4.79 Å². The van der Waals surface area contributed by atoms with Crippen molar-refractivity contribution in [2.24, 2.45) is 0 Å². The van der Waals surface area contributed by atoms with E-state index in [0.29, 0.717) is 34.1 Å². The molecule has 0 fully saturated rings. The number of carbonyl (C=O) groups excluding carboxylic acids is 2. The lowest BCUT2D eigenvalue weighted by Crippen LogP contribution is -2.25. The number of hydrogen-bond donors (Lipinski definition) is 3. The highest BCUT2D eigenvalue weighted by Gasteiger charge is 2.29. The predicted octanol–water partition coefficient (Wildman–Crippen LogP) is 8.05. The summed E-state index contributed by atoms with van der Waals surface area (Å²) in [5.74, 6) is 7.45. The van der Waals surface area contributed by atoms with E-state index >= 15 is 0 Å². The van der Waals surface area contributed by atoms with Crippen LogP contribution in [-0.4, -0.2) is 89.2 Å². The molecule has 1 amide bonds. The summed E-state index contributed by atoms with van der Waals surface area (Å²) in [5.41, 5.74) is 18.6. The minimum Gasteiger partial charge on any atom is -0.465 e. The fraction of sp³-hybridized carbons (Fsp3) is 0.265. The van der Waals surface area contributed by atoms with Crippen molar-refractivity contribution in [1.29, 1.82) is 10.5 Å². The van der Waals surface area contributed by atoms with Crippen LogP contribution in [0.2, 0.25) is 17.4 Å². The zero-order valence-corrected chi connectivity index (χ0v) is 41.1. The number of ether oxygens (including phenoxy) is 1. The standard InChI is InChI=1S/C23H22N8O.C23H21N7O2.3CH3.Al/c1-23(2,3)31-18-8-5-13(14-11-27-22(25)28-12-14)9-17(18)30-20(31)19-16(21(32)26-4)7-6-15(10-24)29-19;1-23(2,3)30-18-8-5-13(14-11-26-22(25)27-12-14)9-17(18)29-20(30)19-16(21(31)32-4)7-6-15(10-24)28-19;;;;/h5-9,11-12H,1-4H3,(H,26,32)(H2,25,27,28);5-9,11-12H,1-4H3,(H2,25,26,27);3*1H3;. The van der Waals surface area contributed by atoms with Crippen molar-refractivity contribution in [3.05, 3.63) is 108 Å².